The van der Waals surface area contributed by atoms with E-state index in [-0.39, 0.29) is 26.1 Å². The zero-order chi connectivity index (χ0) is 38.6. The molecule has 0 spiro atoms. The number of phosphoric ester groups is 1. The Balaban J connectivity index is 4.48. The molecule has 0 bridgehead atoms. The number of esters is 2. The topological polar surface area (TPSA) is 111 Å². The van der Waals surface area contributed by atoms with Gasteiger partial charge in [0, 0.05) is 12.8 Å². The Labute approximate surface area is 317 Å². The number of quaternary nitrogens is 1. The minimum Gasteiger partial charge on any atom is -0.756 e. The van der Waals surface area contributed by atoms with Gasteiger partial charge in [-0.05, 0) is 70.6 Å². The summed E-state index contributed by atoms with van der Waals surface area (Å²) < 4.78 is 33.7. The molecular formula is C42H74NO8P. The fraction of sp³-hybridized carbons (Fsp3) is 0.714. The molecule has 0 aliphatic carbocycles. The highest BCUT2D eigenvalue weighted by molar-refractivity contribution is 7.45. The fourth-order valence-electron chi connectivity index (χ4n) is 4.86. The second-order valence-corrected chi connectivity index (χ2v) is 15.7. The van der Waals surface area contributed by atoms with Crippen LogP contribution in [0.3, 0.4) is 0 Å². The average molecular weight is 752 g/mol. The molecule has 0 aliphatic heterocycles. The zero-order valence-electron chi connectivity index (χ0n) is 33.5. The van der Waals surface area contributed by atoms with Gasteiger partial charge < -0.3 is 27.9 Å². The van der Waals surface area contributed by atoms with Crippen molar-refractivity contribution in [3.63, 3.8) is 0 Å². The maximum Gasteiger partial charge on any atom is 0.306 e. The molecule has 10 heteroatoms. The summed E-state index contributed by atoms with van der Waals surface area (Å²) in [5.74, 6) is -0.881. The van der Waals surface area contributed by atoms with Gasteiger partial charge >= 0.3 is 11.9 Å². The van der Waals surface area contributed by atoms with Gasteiger partial charge in [0.05, 0.1) is 27.7 Å². The van der Waals surface area contributed by atoms with Crippen molar-refractivity contribution >= 4 is 19.8 Å². The number of rotatable bonds is 35. The first-order valence-corrected chi connectivity index (χ1v) is 21.5. The molecule has 0 radical (unpaired) electrons. The second kappa shape index (κ2) is 34.5. The van der Waals surface area contributed by atoms with Crippen molar-refractivity contribution in [3.05, 3.63) is 60.8 Å². The number of hydrogen-bond donors (Lipinski definition) is 0. The molecular weight excluding hydrogens is 677 g/mol. The molecule has 2 atom stereocenters. The van der Waals surface area contributed by atoms with Gasteiger partial charge in [-0.25, -0.2) is 0 Å². The molecule has 0 aromatic heterocycles. The normalized spacial score (nSPS) is 14.3. The van der Waals surface area contributed by atoms with E-state index in [1.807, 2.05) is 21.1 Å². The number of likely N-dealkylation sites (N-methyl/N-ethyl adjacent to an activating group) is 1. The Morgan fingerprint density at radius 3 is 1.65 bits per heavy atom. The molecule has 52 heavy (non-hydrogen) atoms. The second-order valence-electron chi connectivity index (χ2n) is 14.3. The lowest BCUT2D eigenvalue weighted by atomic mass is 10.1. The number of carbonyl (C=O) groups excluding carboxylic acids is 2. The third-order valence-corrected chi connectivity index (χ3v) is 8.99. The summed E-state index contributed by atoms with van der Waals surface area (Å²) >= 11 is 0. The largest absolute Gasteiger partial charge is 0.756 e. The lowest BCUT2D eigenvalue weighted by Gasteiger charge is -2.28. The molecule has 300 valence electrons. The van der Waals surface area contributed by atoms with Crippen molar-refractivity contribution in [2.75, 3.05) is 47.5 Å². The maximum absolute atomic E-state index is 12.6. The Hall–Kier alpha value is -2.29. The molecule has 0 aromatic carbocycles. The summed E-state index contributed by atoms with van der Waals surface area (Å²) in [7, 11) is 1.13. The van der Waals surface area contributed by atoms with Crippen LogP contribution in [0.25, 0.3) is 0 Å². The lowest BCUT2D eigenvalue weighted by molar-refractivity contribution is -0.870. The van der Waals surface area contributed by atoms with Gasteiger partial charge in [-0.15, -0.1) is 0 Å². The first-order chi connectivity index (χ1) is 25.0. The third-order valence-electron chi connectivity index (χ3n) is 8.02. The number of hydrogen-bond acceptors (Lipinski definition) is 8. The van der Waals surface area contributed by atoms with Crippen LogP contribution in [-0.2, 0) is 32.7 Å². The van der Waals surface area contributed by atoms with Crippen molar-refractivity contribution in [1.82, 2.24) is 0 Å². The molecule has 0 amide bonds. The van der Waals surface area contributed by atoms with Crippen LogP contribution in [-0.4, -0.2) is 70.0 Å². The summed E-state index contributed by atoms with van der Waals surface area (Å²) in [5, 5.41) is 0. The van der Waals surface area contributed by atoms with Crippen molar-refractivity contribution < 1.29 is 42.1 Å². The summed E-state index contributed by atoms with van der Waals surface area (Å²) in [6.45, 7) is 4.00. The van der Waals surface area contributed by atoms with Gasteiger partial charge in [0.15, 0.2) is 6.10 Å². The third kappa shape index (κ3) is 37.5. The number of phosphoric acid groups is 1. The molecule has 0 saturated carbocycles. The molecule has 0 N–H and O–H groups in total. The predicted octanol–water partition coefficient (Wildman–Crippen LogP) is 10.3. The van der Waals surface area contributed by atoms with Crippen molar-refractivity contribution in [2.24, 2.45) is 0 Å². The number of carbonyl (C=O) groups is 2. The minimum absolute atomic E-state index is 0.0400. The van der Waals surface area contributed by atoms with Crippen LogP contribution < -0.4 is 4.89 Å². The van der Waals surface area contributed by atoms with Gasteiger partial charge in [0.1, 0.15) is 19.8 Å². The highest BCUT2D eigenvalue weighted by atomic mass is 31.2. The van der Waals surface area contributed by atoms with Crippen LogP contribution in [0, 0.1) is 0 Å². The minimum atomic E-state index is -4.63. The monoisotopic (exact) mass is 752 g/mol. The van der Waals surface area contributed by atoms with E-state index in [2.05, 4.69) is 74.6 Å². The molecule has 2 unspecified atom stereocenters. The first kappa shape index (κ1) is 49.7. The van der Waals surface area contributed by atoms with Gasteiger partial charge in [0.2, 0.25) is 0 Å². The number of nitrogens with zero attached hydrogens (tertiary/aromatic N) is 1. The average Bonchev–Trinajstić information content (AvgIpc) is 3.09. The van der Waals surface area contributed by atoms with Crippen LogP contribution in [0.4, 0.5) is 0 Å². The molecule has 0 aromatic rings. The van der Waals surface area contributed by atoms with E-state index in [0.717, 1.165) is 89.9 Å². The van der Waals surface area contributed by atoms with Crippen LogP contribution >= 0.6 is 7.82 Å². The Kier molecular flexibility index (Phi) is 33.0. The van der Waals surface area contributed by atoms with E-state index in [9.17, 15) is 19.0 Å². The Bertz CT molecular complexity index is 1080. The van der Waals surface area contributed by atoms with E-state index < -0.39 is 32.5 Å². The molecule has 0 saturated heterocycles. The number of allylic oxidation sites excluding steroid dienone is 10. The summed E-state index contributed by atoms with van der Waals surface area (Å²) in [4.78, 5) is 37.4. The van der Waals surface area contributed by atoms with Crippen molar-refractivity contribution in [2.45, 2.75) is 148 Å². The first-order valence-electron chi connectivity index (χ1n) is 20.0. The summed E-state index contributed by atoms with van der Waals surface area (Å²) in [6.07, 6.45) is 39.6. The van der Waals surface area contributed by atoms with Crippen LogP contribution in [0.15, 0.2) is 60.8 Å². The molecule has 0 fully saturated rings. The van der Waals surface area contributed by atoms with E-state index in [0.29, 0.717) is 23.9 Å². The van der Waals surface area contributed by atoms with E-state index in [4.69, 9.17) is 18.5 Å². The van der Waals surface area contributed by atoms with Crippen LogP contribution in [0.2, 0.25) is 0 Å². The van der Waals surface area contributed by atoms with Crippen LogP contribution in [0.5, 0.6) is 0 Å². The summed E-state index contributed by atoms with van der Waals surface area (Å²) in [5.41, 5.74) is 0. The molecule has 9 nitrogen and oxygen atoms in total. The van der Waals surface area contributed by atoms with Gasteiger partial charge in [0.25, 0.3) is 7.82 Å². The number of unbranched alkanes of at least 4 members (excludes halogenated alkanes) is 11. The smallest absolute Gasteiger partial charge is 0.306 e. The fourth-order valence-corrected chi connectivity index (χ4v) is 5.59. The standard InChI is InChI=1S/C42H74NO8P/c1-6-8-10-12-14-16-18-19-20-21-22-23-25-27-29-31-33-35-42(45)51-40(39-50-52(46,47)49-37-36-43(3,4)5)38-48-41(44)34-32-30-28-26-24-17-15-13-11-9-7-2/h8,10,13-16,19-20,22-23,40H,6-7,9,11-12,17-18,21,24-39H2,1-5H3/b10-8-,15-13-,16-14-,20-19-,23-22-. The van der Waals surface area contributed by atoms with Gasteiger partial charge in [-0.3, -0.25) is 14.2 Å². The summed E-state index contributed by atoms with van der Waals surface area (Å²) in [6, 6.07) is 0. The van der Waals surface area contributed by atoms with E-state index in [1.165, 1.54) is 12.8 Å². The van der Waals surface area contributed by atoms with Crippen molar-refractivity contribution in [3.8, 4) is 0 Å². The number of ether oxygens (including phenoxy) is 2. The maximum atomic E-state index is 12.6. The molecule has 0 heterocycles. The molecule has 0 rings (SSSR count). The van der Waals surface area contributed by atoms with Crippen molar-refractivity contribution in [1.29, 1.82) is 0 Å². The lowest BCUT2D eigenvalue weighted by Crippen LogP contribution is -2.37. The molecule has 0 aliphatic rings. The van der Waals surface area contributed by atoms with Gasteiger partial charge in [-0.2, -0.15) is 0 Å². The Morgan fingerprint density at radius 1 is 0.615 bits per heavy atom. The Morgan fingerprint density at radius 2 is 1.10 bits per heavy atom. The highest BCUT2D eigenvalue weighted by Crippen LogP contribution is 2.38. The van der Waals surface area contributed by atoms with Crippen LogP contribution in [0.1, 0.15) is 142 Å². The quantitative estimate of drug-likeness (QED) is 0.0207. The predicted molar refractivity (Wildman–Crippen MR) is 213 cm³/mol. The van der Waals surface area contributed by atoms with E-state index in [1.54, 1.807) is 0 Å². The van der Waals surface area contributed by atoms with Gasteiger partial charge in [-0.1, -0.05) is 120 Å². The van der Waals surface area contributed by atoms with E-state index >= 15 is 0 Å². The highest BCUT2D eigenvalue weighted by Gasteiger charge is 2.21. The zero-order valence-corrected chi connectivity index (χ0v) is 34.4. The SMILES string of the molecule is CC/C=C\C/C=C\C/C=C\C/C=C\CCCCCCC(=O)OC(COC(=O)CCCCCCC/C=C\CCCC)COP(=O)([O-])OCC[N+](C)(C)C.